The average molecular weight is 275 g/mol. The lowest BCUT2D eigenvalue weighted by molar-refractivity contribution is -0.145. The summed E-state index contributed by atoms with van der Waals surface area (Å²) in [4.78, 5) is 23.6. The Morgan fingerprint density at radius 3 is 2.65 bits per heavy atom. The van der Waals surface area contributed by atoms with Crippen molar-refractivity contribution in [2.45, 2.75) is 39.5 Å². The predicted molar refractivity (Wildman–Crippen MR) is 77.7 cm³/mol. The van der Waals surface area contributed by atoms with E-state index in [0.717, 1.165) is 29.7 Å². The van der Waals surface area contributed by atoms with Gasteiger partial charge in [0.05, 0.1) is 11.8 Å². The minimum absolute atomic E-state index is 0.154. The van der Waals surface area contributed by atoms with Crippen LogP contribution in [0.25, 0.3) is 0 Å². The number of para-hydroxylation sites is 1. The summed E-state index contributed by atoms with van der Waals surface area (Å²) in [5, 5.41) is 12.1. The Hall–Kier alpha value is -1.84. The molecule has 1 aromatic carbocycles. The molecule has 1 saturated carbocycles. The Morgan fingerprint density at radius 2 is 2.00 bits per heavy atom. The zero-order chi connectivity index (χ0) is 14.7. The topological polar surface area (TPSA) is 66.4 Å². The Bertz CT molecular complexity index is 524. The predicted octanol–water partition coefficient (Wildman–Crippen LogP) is 3.00. The van der Waals surface area contributed by atoms with Gasteiger partial charge in [0.2, 0.25) is 5.91 Å². The number of benzene rings is 1. The lowest BCUT2D eigenvalue weighted by Gasteiger charge is -2.18. The number of carboxylic acid groups (broad SMARTS) is 1. The number of carbonyl (C=O) groups is 2. The summed E-state index contributed by atoms with van der Waals surface area (Å²) in [6, 6.07) is 5.92. The second-order valence-electron chi connectivity index (χ2n) is 5.43. The summed E-state index contributed by atoms with van der Waals surface area (Å²) >= 11 is 0. The van der Waals surface area contributed by atoms with E-state index in [1.54, 1.807) is 0 Å². The highest BCUT2D eigenvalue weighted by atomic mass is 16.4. The monoisotopic (exact) mass is 275 g/mol. The summed E-state index contributed by atoms with van der Waals surface area (Å²) in [5.74, 6) is -1.96. The Balaban J connectivity index is 2.18. The van der Waals surface area contributed by atoms with E-state index in [0.29, 0.717) is 12.8 Å². The van der Waals surface area contributed by atoms with Crippen molar-refractivity contribution < 1.29 is 14.7 Å². The Kier molecular flexibility index (Phi) is 4.42. The van der Waals surface area contributed by atoms with Crippen LogP contribution in [0.3, 0.4) is 0 Å². The smallest absolute Gasteiger partial charge is 0.307 e. The molecule has 108 valence electrons. The van der Waals surface area contributed by atoms with Gasteiger partial charge < -0.3 is 10.4 Å². The van der Waals surface area contributed by atoms with Crippen LogP contribution in [0, 0.1) is 18.8 Å². The quantitative estimate of drug-likeness (QED) is 0.887. The van der Waals surface area contributed by atoms with Crippen LogP contribution >= 0.6 is 0 Å². The van der Waals surface area contributed by atoms with Gasteiger partial charge >= 0.3 is 5.97 Å². The zero-order valence-electron chi connectivity index (χ0n) is 12.0. The van der Waals surface area contributed by atoms with Crippen molar-refractivity contribution in [2.75, 3.05) is 5.32 Å². The van der Waals surface area contributed by atoms with Crippen molar-refractivity contribution in [3.05, 3.63) is 29.3 Å². The molecule has 0 unspecified atom stereocenters. The molecule has 4 nitrogen and oxygen atoms in total. The molecule has 0 spiro atoms. The van der Waals surface area contributed by atoms with Crippen molar-refractivity contribution in [1.82, 2.24) is 0 Å². The molecule has 0 saturated heterocycles. The number of carbonyl (C=O) groups excluding carboxylic acids is 1. The van der Waals surface area contributed by atoms with Gasteiger partial charge in [0.1, 0.15) is 0 Å². The highest BCUT2D eigenvalue weighted by molar-refractivity contribution is 5.96. The first kappa shape index (κ1) is 14.6. The zero-order valence-corrected chi connectivity index (χ0v) is 12.0. The molecule has 0 aromatic heterocycles. The maximum Gasteiger partial charge on any atom is 0.307 e. The van der Waals surface area contributed by atoms with Crippen LogP contribution in [0.1, 0.15) is 37.3 Å². The summed E-state index contributed by atoms with van der Waals surface area (Å²) in [6.45, 7) is 4.00. The maximum absolute atomic E-state index is 12.4. The molecule has 0 aliphatic heterocycles. The Morgan fingerprint density at radius 1 is 1.30 bits per heavy atom. The van der Waals surface area contributed by atoms with Gasteiger partial charge in [-0.25, -0.2) is 0 Å². The van der Waals surface area contributed by atoms with E-state index in [4.69, 9.17) is 0 Å². The molecule has 0 radical (unpaired) electrons. The first-order valence-corrected chi connectivity index (χ1v) is 7.16. The van der Waals surface area contributed by atoms with Gasteiger partial charge in [0.15, 0.2) is 0 Å². The van der Waals surface area contributed by atoms with Crippen molar-refractivity contribution in [3.63, 3.8) is 0 Å². The standard InChI is InChI=1S/C16H21NO3/c1-3-11-7-4-6-10(2)14(11)17-15(18)12-8-5-9-13(12)16(19)20/h4,6-7,12-13H,3,5,8-9H2,1-2H3,(H,17,18)(H,19,20)/t12-,13+/m1/s1. The molecule has 4 heteroatoms. The molecule has 1 aromatic rings. The summed E-state index contributed by atoms with van der Waals surface area (Å²) in [7, 11) is 0. The molecule has 2 atom stereocenters. The fourth-order valence-corrected chi connectivity index (χ4v) is 2.99. The molecule has 1 fully saturated rings. The van der Waals surface area contributed by atoms with Crippen LogP contribution in [0.15, 0.2) is 18.2 Å². The number of aryl methyl sites for hydroxylation is 2. The van der Waals surface area contributed by atoms with Crippen LogP contribution in [0.4, 0.5) is 5.69 Å². The average Bonchev–Trinajstić information content (AvgIpc) is 2.90. The number of hydrogen-bond donors (Lipinski definition) is 2. The summed E-state index contributed by atoms with van der Waals surface area (Å²) in [5.41, 5.74) is 2.95. The van der Waals surface area contributed by atoms with Crippen LogP contribution in [-0.4, -0.2) is 17.0 Å². The third-order valence-corrected chi connectivity index (χ3v) is 4.16. The lowest BCUT2D eigenvalue weighted by atomic mass is 9.95. The van der Waals surface area contributed by atoms with Crippen LogP contribution in [0.5, 0.6) is 0 Å². The third-order valence-electron chi connectivity index (χ3n) is 4.16. The molecule has 20 heavy (non-hydrogen) atoms. The molecule has 1 amide bonds. The summed E-state index contributed by atoms with van der Waals surface area (Å²) in [6.07, 6.45) is 2.91. The van der Waals surface area contributed by atoms with Crippen LogP contribution < -0.4 is 5.32 Å². The van der Waals surface area contributed by atoms with E-state index >= 15 is 0 Å². The second kappa shape index (κ2) is 6.07. The van der Waals surface area contributed by atoms with Gasteiger partial charge in [-0.15, -0.1) is 0 Å². The number of rotatable bonds is 4. The molecule has 2 N–H and O–H groups in total. The van der Waals surface area contributed by atoms with Gasteiger partial charge in [-0.2, -0.15) is 0 Å². The number of hydrogen-bond acceptors (Lipinski definition) is 2. The van der Waals surface area contributed by atoms with Gasteiger partial charge in [-0.05, 0) is 37.3 Å². The maximum atomic E-state index is 12.4. The van der Waals surface area contributed by atoms with Crippen molar-refractivity contribution in [2.24, 2.45) is 11.8 Å². The molecular formula is C16H21NO3. The SMILES string of the molecule is CCc1cccc(C)c1NC(=O)[C@@H]1CCC[C@@H]1C(=O)O. The van der Waals surface area contributed by atoms with E-state index in [2.05, 4.69) is 5.32 Å². The molecule has 0 heterocycles. The van der Waals surface area contributed by atoms with Crippen LogP contribution in [0.2, 0.25) is 0 Å². The number of carboxylic acids is 1. The van der Waals surface area contributed by atoms with E-state index in [9.17, 15) is 14.7 Å². The first-order valence-electron chi connectivity index (χ1n) is 7.16. The van der Waals surface area contributed by atoms with Gasteiger partial charge in [0.25, 0.3) is 0 Å². The number of nitrogens with one attached hydrogen (secondary N) is 1. The number of aliphatic carboxylic acids is 1. The largest absolute Gasteiger partial charge is 0.481 e. The minimum atomic E-state index is -0.858. The minimum Gasteiger partial charge on any atom is -0.481 e. The second-order valence-corrected chi connectivity index (χ2v) is 5.43. The van der Waals surface area contributed by atoms with Gasteiger partial charge in [0, 0.05) is 5.69 Å². The van der Waals surface area contributed by atoms with Gasteiger partial charge in [-0.1, -0.05) is 31.5 Å². The van der Waals surface area contributed by atoms with E-state index < -0.39 is 17.8 Å². The fourth-order valence-electron chi connectivity index (χ4n) is 2.99. The van der Waals surface area contributed by atoms with Gasteiger partial charge in [-0.3, -0.25) is 9.59 Å². The highest BCUT2D eigenvalue weighted by Crippen LogP contribution is 2.33. The normalized spacial score (nSPS) is 21.7. The number of anilines is 1. The Labute approximate surface area is 119 Å². The lowest BCUT2D eigenvalue weighted by Crippen LogP contribution is -2.30. The highest BCUT2D eigenvalue weighted by Gasteiger charge is 2.37. The van der Waals surface area contributed by atoms with Crippen molar-refractivity contribution in [3.8, 4) is 0 Å². The third kappa shape index (κ3) is 2.84. The molecule has 2 rings (SSSR count). The molecule has 0 bridgehead atoms. The molecule has 1 aliphatic rings. The van der Waals surface area contributed by atoms with E-state index in [1.807, 2.05) is 32.0 Å². The van der Waals surface area contributed by atoms with E-state index in [1.165, 1.54) is 0 Å². The van der Waals surface area contributed by atoms with E-state index in [-0.39, 0.29) is 5.91 Å². The molecule has 1 aliphatic carbocycles. The first-order chi connectivity index (χ1) is 9.54. The fraction of sp³-hybridized carbons (Fsp3) is 0.500. The van der Waals surface area contributed by atoms with Crippen molar-refractivity contribution >= 4 is 17.6 Å². The number of amides is 1. The van der Waals surface area contributed by atoms with Crippen molar-refractivity contribution in [1.29, 1.82) is 0 Å². The van der Waals surface area contributed by atoms with Crippen LogP contribution in [-0.2, 0) is 16.0 Å². The summed E-state index contributed by atoms with van der Waals surface area (Å²) < 4.78 is 0. The molecular weight excluding hydrogens is 254 g/mol.